The van der Waals surface area contributed by atoms with Crippen LogP contribution >= 0.6 is 11.3 Å². The Morgan fingerprint density at radius 3 is 2.27 bits per heavy atom. The minimum absolute atomic E-state index is 0.205. The predicted molar refractivity (Wildman–Crippen MR) is 179 cm³/mol. The monoisotopic (exact) mass is 617 g/mol. The Morgan fingerprint density at radius 1 is 0.911 bits per heavy atom. The highest BCUT2D eigenvalue weighted by molar-refractivity contribution is 7.07. The number of carbonyl (C=O) groups is 1. The van der Waals surface area contributed by atoms with E-state index in [0.717, 1.165) is 39.5 Å². The summed E-state index contributed by atoms with van der Waals surface area (Å²) in [5.74, 6) is 0.242. The van der Waals surface area contributed by atoms with Gasteiger partial charge in [0.05, 0.1) is 35.1 Å². The third kappa shape index (κ3) is 5.69. The number of benzene rings is 3. The standard InChI is InChI=1S/C37H35N3O4S/c1-6-43-31-19-15-28(16-20-31)34-33(36(42)44-7-2)24(4)38-37-40(34)35(41)32(45-37)22-29-21-23(3)39(25(29)5)30-17-13-27(14-18-30)26-11-9-8-10-12-26/h8-22,34H,6-7H2,1-5H3/b32-22-/t34-/m1/s1. The number of hydrogen-bond donors (Lipinski definition) is 0. The molecule has 1 aliphatic rings. The highest BCUT2D eigenvalue weighted by Crippen LogP contribution is 2.32. The van der Waals surface area contributed by atoms with E-state index in [4.69, 9.17) is 14.5 Å². The molecule has 0 saturated heterocycles. The molecule has 45 heavy (non-hydrogen) atoms. The fraction of sp³-hybridized carbons (Fsp3) is 0.216. The van der Waals surface area contributed by atoms with Crippen molar-refractivity contribution in [1.29, 1.82) is 0 Å². The largest absolute Gasteiger partial charge is 0.494 e. The summed E-state index contributed by atoms with van der Waals surface area (Å²) in [4.78, 5) is 32.6. The Kier molecular flexibility index (Phi) is 8.41. The zero-order valence-corrected chi connectivity index (χ0v) is 26.9. The van der Waals surface area contributed by atoms with E-state index in [2.05, 4.69) is 60.9 Å². The quantitative estimate of drug-likeness (QED) is 0.192. The van der Waals surface area contributed by atoms with Gasteiger partial charge in [-0.15, -0.1) is 0 Å². The van der Waals surface area contributed by atoms with Crippen molar-refractivity contribution in [2.45, 2.75) is 40.7 Å². The molecule has 7 nitrogen and oxygen atoms in total. The minimum atomic E-state index is -0.673. The summed E-state index contributed by atoms with van der Waals surface area (Å²) < 4.78 is 15.4. The van der Waals surface area contributed by atoms with Crippen LogP contribution in [0.25, 0.3) is 22.9 Å². The first kappa shape index (κ1) is 30.1. The number of fused-ring (bicyclic) bond motifs is 1. The van der Waals surface area contributed by atoms with Gasteiger partial charge in [-0.2, -0.15) is 0 Å². The number of esters is 1. The van der Waals surface area contributed by atoms with Gasteiger partial charge < -0.3 is 14.0 Å². The van der Waals surface area contributed by atoms with Crippen LogP contribution in [0.15, 0.2) is 106 Å². The lowest BCUT2D eigenvalue weighted by atomic mass is 9.96. The summed E-state index contributed by atoms with van der Waals surface area (Å²) in [5.41, 5.74) is 7.89. The molecule has 3 aromatic carbocycles. The molecular weight excluding hydrogens is 582 g/mol. The molecule has 5 aromatic rings. The Bertz CT molecular complexity index is 2080. The third-order valence-corrected chi connectivity index (χ3v) is 9.00. The Hall–Kier alpha value is -4.95. The number of rotatable bonds is 8. The van der Waals surface area contributed by atoms with E-state index in [1.165, 1.54) is 16.9 Å². The molecule has 1 atom stereocenters. The lowest BCUT2D eigenvalue weighted by molar-refractivity contribution is -0.139. The maximum Gasteiger partial charge on any atom is 0.338 e. The van der Waals surface area contributed by atoms with E-state index in [1.807, 2.05) is 55.5 Å². The second-order valence-electron chi connectivity index (χ2n) is 10.9. The number of thiazole rings is 1. The lowest BCUT2D eigenvalue weighted by Crippen LogP contribution is -2.39. The van der Waals surface area contributed by atoms with E-state index in [0.29, 0.717) is 27.2 Å². The SMILES string of the molecule is CCOC(=O)C1=C(C)N=c2s/c(=C\c3cc(C)n(-c4ccc(-c5ccccc5)cc4)c3C)c(=O)n2[C@@H]1c1ccc(OCC)cc1. The van der Waals surface area contributed by atoms with Crippen LogP contribution in [0.5, 0.6) is 5.75 Å². The summed E-state index contributed by atoms with van der Waals surface area (Å²) in [6, 6.07) is 27.7. The molecule has 2 aromatic heterocycles. The Balaban J connectivity index is 1.43. The first-order chi connectivity index (χ1) is 21.8. The molecule has 0 N–H and O–H groups in total. The average Bonchev–Trinajstić information content (AvgIpc) is 3.50. The molecular formula is C37H35N3O4S. The van der Waals surface area contributed by atoms with Gasteiger partial charge in [0.15, 0.2) is 4.80 Å². The van der Waals surface area contributed by atoms with Gasteiger partial charge in [0.2, 0.25) is 0 Å². The average molecular weight is 618 g/mol. The van der Waals surface area contributed by atoms with Crippen LogP contribution in [0, 0.1) is 13.8 Å². The molecule has 0 amide bonds. The molecule has 228 valence electrons. The molecule has 0 bridgehead atoms. The van der Waals surface area contributed by atoms with Crippen molar-refractivity contribution < 1.29 is 14.3 Å². The molecule has 0 radical (unpaired) electrons. The van der Waals surface area contributed by atoms with Crippen LogP contribution in [0.4, 0.5) is 0 Å². The summed E-state index contributed by atoms with van der Waals surface area (Å²) in [6.45, 7) is 10.4. The molecule has 0 saturated carbocycles. The topological polar surface area (TPSA) is 74.8 Å². The molecule has 0 fully saturated rings. The van der Waals surface area contributed by atoms with Crippen molar-refractivity contribution in [1.82, 2.24) is 9.13 Å². The second-order valence-corrected chi connectivity index (χ2v) is 11.9. The highest BCUT2D eigenvalue weighted by atomic mass is 32.1. The Morgan fingerprint density at radius 2 is 1.60 bits per heavy atom. The molecule has 0 aliphatic carbocycles. The summed E-state index contributed by atoms with van der Waals surface area (Å²) in [6.07, 6.45) is 1.93. The number of aryl methyl sites for hydroxylation is 1. The van der Waals surface area contributed by atoms with Gasteiger partial charge in [-0.3, -0.25) is 9.36 Å². The molecule has 8 heteroatoms. The smallest absolute Gasteiger partial charge is 0.338 e. The van der Waals surface area contributed by atoms with E-state index in [9.17, 15) is 9.59 Å². The fourth-order valence-electron chi connectivity index (χ4n) is 5.93. The van der Waals surface area contributed by atoms with E-state index < -0.39 is 12.0 Å². The molecule has 0 spiro atoms. The van der Waals surface area contributed by atoms with Gasteiger partial charge >= 0.3 is 5.97 Å². The summed E-state index contributed by atoms with van der Waals surface area (Å²) >= 11 is 1.32. The maximum atomic E-state index is 14.1. The van der Waals surface area contributed by atoms with Crippen molar-refractivity contribution in [3.05, 3.63) is 138 Å². The van der Waals surface area contributed by atoms with E-state index in [-0.39, 0.29) is 12.2 Å². The minimum Gasteiger partial charge on any atom is -0.494 e. The van der Waals surface area contributed by atoms with Crippen molar-refractivity contribution in [2.75, 3.05) is 13.2 Å². The van der Waals surface area contributed by atoms with Crippen molar-refractivity contribution in [2.24, 2.45) is 4.99 Å². The lowest BCUT2D eigenvalue weighted by Gasteiger charge is -2.24. The second kappa shape index (κ2) is 12.6. The molecule has 6 rings (SSSR count). The van der Waals surface area contributed by atoms with Crippen LogP contribution in [0.3, 0.4) is 0 Å². The van der Waals surface area contributed by atoms with Crippen molar-refractivity contribution in [3.63, 3.8) is 0 Å². The third-order valence-electron chi connectivity index (χ3n) is 8.01. The summed E-state index contributed by atoms with van der Waals surface area (Å²) in [7, 11) is 0. The Labute approximate surface area is 266 Å². The van der Waals surface area contributed by atoms with Gasteiger partial charge in [-0.25, -0.2) is 9.79 Å². The van der Waals surface area contributed by atoms with E-state index >= 15 is 0 Å². The van der Waals surface area contributed by atoms with Gasteiger partial charge in [0.25, 0.3) is 5.56 Å². The van der Waals surface area contributed by atoms with Crippen molar-refractivity contribution in [3.8, 4) is 22.6 Å². The number of hydrogen-bond acceptors (Lipinski definition) is 6. The predicted octanol–water partition coefficient (Wildman–Crippen LogP) is 6.27. The van der Waals surface area contributed by atoms with E-state index in [1.54, 1.807) is 18.4 Å². The van der Waals surface area contributed by atoms with Gasteiger partial charge in [0, 0.05) is 17.1 Å². The van der Waals surface area contributed by atoms with Crippen LogP contribution in [0.2, 0.25) is 0 Å². The van der Waals surface area contributed by atoms with Crippen molar-refractivity contribution >= 4 is 23.4 Å². The first-order valence-electron chi connectivity index (χ1n) is 15.1. The number of allylic oxidation sites excluding steroid dienone is 1. The normalized spacial score (nSPS) is 14.7. The van der Waals surface area contributed by atoms with Gasteiger partial charge in [-0.05, 0) is 93.3 Å². The number of nitrogens with zero attached hydrogens (tertiary/aromatic N) is 3. The van der Waals surface area contributed by atoms with Crippen LogP contribution in [-0.4, -0.2) is 28.3 Å². The van der Waals surface area contributed by atoms with Crippen LogP contribution in [0.1, 0.15) is 49.3 Å². The maximum absolute atomic E-state index is 14.1. The molecule has 3 heterocycles. The number of aromatic nitrogens is 2. The zero-order valence-electron chi connectivity index (χ0n) is 26.0. The zero-order chi connectivity index (χ0) is 31.7. The van der Waals surface area contributed by atoms with Crippen LogP contribution < -0.4 is 19.6 Å². The fourth-order valence-corrected chi connectivity index (χ4v) is 6.96. The summed E-state index contributed by atoms with van der Waals surface area (Å²) in [5, 5.41) is 0. The van der Waals surface area contributed by atoms with Gasteiger partial charge in [0.1, 0.15) is 5.75 Å². The van der Waals surface area contributed by atoms with Crippen LogP contribution in [-0.2, 0) is 9.53 Å². The molecule has 1 aliphatic heterocycles. The number of carbonyl (C=O) groups excluding carboxylic acids is 1. The highest BCUT2D eigenvalue weighted by Gasteiger charge is 2.33. The molecule has 0 unspecified atom stereocenters. The number of ether oxygens (including phenoxy) is 2. The van der Waals surface area contributed by atoms with Gasteiger partial charge in [-0.1, -0.05) is 65.9 Å². The first-order valence-corrected chi connectivity index (χ1v) is 15.9.